The molecule has 3 N–H and O–H groups in total. The molecule has 0 amide bonds. The van der Waals surface area contributed by atoms with Crippen molar-refractivity contribution in [3.63, 3.8) is 0 Å². The summed E-state index contributed by atoms with van der Waals surface area (Å²) in [4.78, 5) is 8.46. The van der Waals surface area contributed by atoms with Gasteiger partial charge in [0.05, 0.1) is 5.69 Å². The molecule has 21 heavy (non-hydrogen) atoms. The Morgan fingerprint density at radius 2 is 2.00 bits per heavy atom. The van der Waals surface area contributed by atoms with E-state index >= 15 is 0 Å². The molecule has 0 spiro atoms. The monoisotopic (exact) mass is 294 g/mol. The Balaban J connectivity index is 2.36. The Morgan fingerprint density at radius 3 is 2.67 bits per heavy atom. The third-order valence-electron chi connectivity index (χ3n) is 2.90. The van der Waals surface area contributed by atoms with Crippen LogP contribution >= 0.6 is 0 Å². The summed E-state index contributed by atoms with van der Waals surface area (Å²) in [6.45, 7) is 0.769. The molecule has 112 valence electrons. The lowest BCUT2D eigenvalue weighted by Gasteiger charge is -2.14. The van der Waals surface area contributed by atoms with E-state index in [0.717, 1.165) is 0 Å². The van der Waals surface area contributed by atoms with Gasteiger partial charge in [0.1, 0.15) is 23.2 Å². The van der Waals surface area contributed by atoms with Crippen molar-refractivity contribution >= 4 is 17.3 Å². The van der Waals surface area contributed by atoms with Gasteiger partial charge in [-0.1, -0.05) is 19.1 Å². The van der Waals surface area contributed by atoms with Gasteiger partial charge >= 0.3 is 6.61 Å². The Labute approximate surface area is 121 Å². The number of ether oxygens (including phenoxy) is 1. The summed E-state index contributed by atoms with van der Waals surface area (Å²) in [5, 5.41) is 2.97. The number of nitrogens with zero attached hydrogens (tertiary/aromatic N) is 2. The van der Waals surface area contributed by atoms with E-state index in [1.165, 1.54) is 6.07 Å². The third-order valence-corrected chi connectivity index (χ3v) is 2.90. The summed E-state index contributed by atoms with van der Waals surface area (Å²) in [6, 6.07) is 6.40. The summed E-state index contributed by atoms with van der Waals surface area (Å²) in [6.07, 6.45) is 0.619. The number of para-hydroxylation sites is 2. The fraction of sp³-hybridized carbons (Fsp3) is 0.286. The van der Waals surface area contributed by atoms with Crippen LogP contribution in [0.1, 0.15) is 18.3 Å². The molecule has 0 unspecified atom stereocenters. The van der Waals surface area contributed by atoms with Crippen LogP contribution in [0.2, 0.25) is 0 Å². The van der Waals surface area contributed by atoms with Crippen LogP contribution in [0.4, 0.5) is 26.1 Å². The van der Waals surface area contributed by atoms with Gasteiger partial charge in [-0.25, -0.2) is 9.97 Å². The zero-order valence-corrected chi connectivity index (χ0v) is 11.7. The number of aryl methyl sites for hydroxylation is 1. The van der Waals surface area contributed by atoms with Gasteiger partial charge in [-0.15, -0.1) is 0 Å². The molecule has 0 saturated heterocycles. The molecular weight excluding hydrogens is 278 g/mol. The molecule has 0 aliphatic rings. The quantitative estimate of drug-likeness (QED) is 0.885. The van der Waals surface area contributed by atoms with E-state index in [1.54, 1.807) is 25.1 Å². The topological polar surface area (TPSA) is 73.1 Å². The molecule has 2 aromatic rings. The van der Waals surface area contributed by atoms with Gasteiger partial charge in [-0.05, 0) is 19.1 Å². The van der Waals surface area contributed by atoms with E-state index in [0.29, 0.717) is 35.1 Å². The molecule has 7 heteroatoms. The van der Waals surface area contributed by atoms with E-state index in [-0.39, 0.29) is 5.75 Å². The number of nitrogens with one attached hydrogen (secondary N) is 1. The molecule has 1 aromatic heterocycles. The average molecular weight is 294 g/mol. The average Bonchev–Trinajstić information content (AvgIpc) is 2.45. The predicted molar refractivity (Wildman–Crippen MR) is 76.9 cm³/mol. The highest BCUT2D eigenvalue weighted by molar-refractivity contribution is 5.68. The molecule has 0 radical (unpaired) electrons. The Morgan fingerprint density at radius 1 is 1.29 bits per heavy atom. The summed E-state index contributed by atoms with van der Waals surface area (Å²) < 4.78 is 29.3. The summed E-state index contributed by atoms with van der Waals surface area (Å²) in [7, 11) is 0. The number of nitrogen functional groups attached to an aromatic ring is 1. The van der Waals surface area contributed by atoms with Crippen LogP contribution in [0.3, 0.4) is 0 Å². The number of alkyl halides is 2. The molecule has 5 nitrogen and oxygen atoms in total. The molecule has 0 fully saturated rings. The number of aromatic nitrogens is 2. The maximum Gasteiger partial charge on any atom is 0.387 e. The molecule has 1 heterocycles. The number of rotatable bonds is 5. The lowest BCUT2D eigenvalue weighted by Crippen LogP contribution is -2.08. The van der Waals surface area contributed by atoms with Gasteiger partial charge in [0.25, 0.3) is 0 Å². The predicted octanol–water partition coefficient (Wildman–Crippen LogP) is 3.27. The van der Waals surface area contributed by atoms with Crippen molar-refractivity contribution in [2.75, 3.05) is 11.1 Å². The summed E-state index contributed by atoms with van der Waals surface area (Å²) in [5.41, 5.74) is 6.87. The molecule has 0 aliphatic carbocycles. The zero-order chi connectivity index (χ0) is 15.4. The van der Waals surface area contributed by atoms with Gasteiger partial charge in [0, 0.05) is 12.0 Å². The van der Waals surface area contributed by atoms with Crippen molar-refractivity contribution in [1.82, 2.24) is 9.97 Å². The van der Waals surface area contributed by atoms with E-state index in [2.05, 4.69) is 20.0 Å². The van der Waals surface area contributed by atoms with Crippen LogP contribution in [0, 0.1) is 6.92 Å². The number of nitrogens with two attached hydrogens (primary N) is 1. The van der Waals surface area contributed by atoms with Gasteiger partial charge in [-0.3, -0.25) is 0 Å². The van der Waals surface area contributed by atoms with Crippen LogP contribution in [0.5, 0.6) is 5.75 Å². The van der Waals surface area contributed by atoms with E-state index < -0.39 is 6.61 Å². The number of benzene rings is 1. The molecule has 0 saturated carbocycles. The fourth-order valence-electron chi connectivity index (χ4n) is 1.76. The lowest BCUT2D eigenvalue weighted by molar-refractivity contribution is -0.0493. The summed E-state index contributed by atoms with van der Waals surface area (Å²) in [5.74, 6) is 1.45. The first-order chi connectivity index (χ1) is 10.0. The van der Waals surface area contributed by atoms with E-state index in [1.807, 2.05) is 6.92 Å². The van der Waals surface area contributed by atoms with Crippen molar-refractivity contribution in [2.45, 2.75) is 26.9 Å². The normalized spacial score (nSPS) is 10.7. The van der Waals surface area contributed by atoms with E-state index in [9.17, 15) is 8.78 Å². The maximum absolute atomic E-state index is 12.4. The first kappa shape index (κ1) is 15.0. The second-order valence-electron chi connectivity index (χ2n) is 4.35. The molecule has 0 bridgehead atoms. The van der Waals surface area contributed by atoms with Gasteiger partial charge in [0.2, 0.25) is 0 Å². The van der Waals surface area contributed by atoms with Crippen molar-refractivity contribution in [3.05, 3.63) is 35.7 Å². The minimum absolute atomic E-state index is 0.0436. The lowest BCUT2D eigenvalue weighted by atomic mass is 10.2. The van der Waals surface area contributed by atoms with Crippen LogP contribution < -0.4 is 15.8 Å². The first-order valence-electron chi connectivity index (χ1n) is 6.45. The number of hydrogen-bond acceptors (Lipinski definition) is 5. The standard InChI is InChI=1S/C14H16F2N4O/c1-3-11-19-12(17)8(2)13(20-11)18-9-6-4-5-7-10(9)21-14(15)16/h4-7,14H,3H2,1-2H3,(H3,17,18,19,20). The molecule has 1 aromatic carbocycles. The molecule has 0 atom stereocenters. The maximum atomic E-state index is 12.4. The fourth-order valence-corrected chi connectivity index (χ4v) is 1.76. The highest BCUT2D eigenvalue weighted by Gasteiger charge is 2.12. The van der Waals surface area contributed by atoms with Crippen molar-refractivity contribution in [1.29, 1.82) is 0 Å². The Kier molecular flexibility index (Phi) is 4.52. The minimum atomic E-state index is -2.89. The smallest absolute Gasteiger partial charge is 0.387 e. The largest absolute Gasteiger partial charge is 0.433 e. The van der Waals surface area contributed by atoms with Crippen molar-refractivity contribution in [3.8, 4) is 5.75 Å². The number of hydrogen-bond donors (Lipinski definition) is 2. The van der Waals surface area contributed by atoms with Crippen molar-refractivity contribution in [2.24, 2.45) is 0 Å². The van der Waals surface area contributed by atoms with Crippen molar-refractivity contribution < 1.29 is 13.5 Å². The second-order valence-corrected chi connectivity index (χ2v) is 4.35. The van der Waals surface area contributed by atoms with Crippen LogP contribution in [-0.2, 0) is 6.42 Å². The van der Waals surface area contributed by atoms with Crippen LogP contribution in [0.15, 0.2) is 24.3 Å². The third kappa shape index (κ3) is 3.56. The van der Waals surface area contributed by atoms with Crippen LogP contribution in [0.25, 0.3) is 0 Å². The SMILES string of the molecule is CCc1nc(N)c(C)c(Nc2ccccc2OC(F)F)n1. The minimum Gasteiger partial charge on any atom is -0.433 e. The zero-order valence-electron chi connectivity index (χ0n) is 11.7. The Bertz CT molecular complexity index is 634. The highest BCUT2D eigenvalue weighted by Crippen LogP contribution is 2.30. The summed E-state index contributed by atoms with van der Waals surface area (Å²) >= 11 is 0. The van der Waals surface area contributed by atoms with E-state index in [4.69, 9.17) is 5.73 Å². The van der Waals surface area contributed by atoms with Gasteiger partial charge in [-0.2, -0.15) is 8.78 Å². The van der Waals surface area contributed by atoms with Gasteiger partial charge in [0.15, 0.2) is 0 Å². The van der Waals surface area contributed by atoms with Gasteiger partial charge < -0.3 is 15.8 Å². The highest BCUT2D eigenvalue weighted by atomic mass is 19.3. The van der Waals surface area contributed by atoms with Crippen LogP contribution in [-0.4, -0.2) is 16.6 Å². The Hall–Kier alpha value is -2.44. The first-order valence-corrected chi connectivity index (χ1v) is 6.45. The number of anilines is 3. The molecular formula is C14H16F2N4O. The molecule has 0 aliphatic heterocycles. The second kappa shape index (κ2) is 6.34. The number of halogens is 2. The molecule has 2 rings (SSSR count).